The second-order valence-electron chi connectivity index (χ2n) is 4.05. The summed E-state index contributed by atoms with van der Waals surface area (Å²) in [6, 6.07) is 12.7. The molecule has 1 N–H and O–H groups in total. The second kappa shape index (κ2) is 7.49. The number of thioether (sulfide) groups is 1. The van der Waals surface area contributed by atoms with Gasteiger partial charge in [0.1, 0.15) is 12.4 Å². The quantitative estimate of drug-likeness (QED) is 0.660. The van der Waals surface area contributed by atoms with Crippen LogP contribution < -0.4 is 0 Å². The highest BCUT2D eigenvalue weighted by molar-refractivity contribution is 9.10. The number of aliphatic hydroxyl groups is 1. The molecule has 0 heterocycles. The summed E-state index contributed by atoms with van der Waals surface area (Å²) in [6.45, 7) is -0.224. The molecule has 1 nitrogen and oxygen atoms in total. The first-order valence-electron chi connectivity index (χ1n) is 5.95. The minimum Gasteiger partial charge on any atom is -0.384 e. The molecule has 0 spiro atoms. The third kappa shape index (κ3) is 4.68. The molecule has 0 fully saturated rings. The van der Waals surface area contributed by atoms with E-state index in [1.54, 1.807) is 11.8 Å². The summed E-state index contributed by atoms with van der Waals surface area (Å²) >= 11 is 5.06. The van der Waals surface area contributed by atoms with Crippen molar-refractivity contribution in [2.24, 2.45) is 0 Å². The average Bonchev–Trinajstić information content (AvgIpc) is 2.42. The van der Waals surface area contributed by atoms with Gasteiger partial charge in [-0.1, -0.05) is 33.8 Å². The molecular weight excluding hydrogens is 339 g/mol. The maximum Gasteiger partial charge on any atom is 0.124 e. The zero-order chi connectivity index (χ0) is 14.4. The molecule has 0 aliphatic heterocycles. The van der Waals surface area contributed by atoms with Crippen LogP contribution in [0.4, 0.5) is 4.39 Å². The fourth-order valence-electron chi connectivity index (χ4n) is 1.67. The Morgan fingerprint density at radius 1 is 1.20 bits per heavy atom. The molecule has 0 saturated carbocycles. The first-order valence-corrected chi connectivity index (χ1v) is 7.73. The molecule has 2 aromatic rings. The Kier molecular flexibility index (Phi) is 5.66. The van der Waals surface area contributed by atoms with Crippen LogP contribution in [0.1, 0.15) is 11.1 Å². The molecule has 2 rings (SSSR count). The molecule has 0 aliphatic carbocycles. The van der Waals surface area contributed by atoms with Gasteiger partial charge in [-0.15, -0.1) is 11.8 Å². The van der Waals surface area contributed by atoms with Crippen molar-refractivity contribution in [3.05, 3.63) is 63.9 Å². The van der Waals surface area contributed by atoms with Crippen LogP contribution in [0.3, 0.4) is 0 Å². The Labute approximate surface area is 130 Å². The number of hydrogen-bond acceptors (Lipinski definition) is 2. The molecular formula is C16H12BrFOS. The van der Waals surface area contributed by atoms with Crippen molar-refractivity contribution in [1.29, 1.82) is 0 Å². The summed E-state index contributed by atoms with van der Waals surface area (Å²) in [5, 5.41) is 8.67. The number of aliphatic hydroxyl groups excluding tert-OH is 1. The van der Waals surface area contributed by atoms with Crippen LogP contribution in [-0.2, 0) is 5.75 Å². The molecule has 0 aromatic heterocycles. The highest BCUT2D eigenvalue weighted by Gasteiger charge is 2.01. The Bertz CT molecular complexity index is 661. The molecule has 102 valence electrons. The first-order chi connectivity index (χ1) is 9.67. The Morgan fingerprint density at radius 3 is 2.80 bits per heavy atom. The number of hydrogen-bond donors (Lipinski definition) is 1. The van der Waals surface area contributed by atoms with Gasteiger partial charge in [0.25, 0.3) is 0 Å². The maximum absolute atomic E-state index is 13.5. The lowest BCUT2D eigenvalue weighted by molar-refractivity contribution is 0.350. The zero-order valence-electron chi connectivity index (χ0n) is 10.6. The molecule has 2 aromatic carbocycles. The lowest BCUT2D eigenvalue weighted by Crippen LogP contribution is -1.87. The second-order valence-corrected chi connectivity index (χ2v) is 6.02. The van der Waals surface area contributed by atoms with E-state index in [0.717, 1.165) is 14.9 Å². The molecule has 0 aliphatic rings. The summed E-state index contributed by atoms with van der Waals surface area (Å²) in [7, 11) is 0. The van der Waals surface area contributed by atoms with E-state index in [1.807, 2.05) is 30.3 Å². The molecule has 0 bridgehead atoms. The number of benzene rings is 2. The van der Waals surface area contributed by atoms with Crippen LogP contribution in [0, 0.1) is 17.7 Å². The smallest absolute Gasteiger partial charge is 0.124 e. The van der Waals surface area contributed by atoms with Crippen LogP contribution >= 0.6 is 27.7 Å². The van der Waals surface area contributed by atoms with E-state index in [-0.39, 0.29) is 12.4 Å². The third-order valence-corrected chi connectivity index (χ3v) is 4.03. The van der Waals surface area contributed by atoms with Gasteiger partial charge in [-0.05, 0) is 42.0 Å². The molecule has 0 amide bonds. The van der Waals surface area contributed by atoms with Gasteiger partial charge in [0.15, 0.2) is 0 Å². The van der Waals surface area contributed by atoms with Crippen molar-refractivity contribution in [2.45, 2.75) is 10.6 Å². The van der Waals surface area contributed by atoms with Gasteiger partial charge in [0, 0.05) is 20.7 Å². The summed E-state index contributed by atoms with van der Waals surface area (Å²) in [4.78, 5) is 1.12. The van der Waals surface area contributed by atoms with E-state index < -0.39 is 0 Å². The minimum absolute atomic E-state index is 0.224. The SMILES string of the molecule is OCC#Cc1cc(F)cc(CSc2cccc(Br)c2)c1. The summed E-state index contributed by atoms with van der Waals surface area (Å²) < 4.78 is 14.5. The van der Waals surface area contributed by atoms with Crippen molar-refractivity contribution in [3.63, 3.8) is 0 Å². The van der Waals surface area contributed by atoms with Gasteiger partial charge in [0.2, 0.25) is 0 Å². The van der Waals surface area contributed by atoms with Crippen LogP contribution in [0.2, 0.25) is 0 Å². The summed E-state index contributed by atoms with van der Waals surface area (Å²) in [6.07, 6.45) is 0. The normalized spacial score (nSPS) is 9.95. The van der Waals surface area contributed by atoms with E-state index in [2.05, 4.69) is 27.8 Å². The fraction of sp³-hybridized carbons (Fsp3) is 0.125. The predicted molar refractivity (Wildman–Crippen MR) is 84.1 cm³/mol. The molecule has 4 heteroatoms. The molecule has 20 heavy (non-hydrogen) atoms. The lowest BCUT2D eigenvalue weighted by atomic mass is 10.1. The number of rotatable bonds is 3. The topological polar surface area (TPSA) is 20.2 Å². The van der Waals surface area contributed by atoms with E-state index in [9.17, 15) is 4.39 Å². The maximum atomic E-state index is 13.5. The average molecular weight is 351 g/mol. The van der Waals surface area contributed by atoms with Crippen molar-refractivity contribution >= 4 is 27.7 Å². The van der Waals surface area contributed by atoms with Gasteiger partial charge in [0.05, 0.1) is 0 Å². The Hall–Kier alpha value is -1.28. The monoisotopic (exact) mass is 350 g/mol. The number of halogens is 2. The van der Waals surface area contributed by atoms with Crippen LogP contribution in [0.25, 0.3) is 0 Å². The van der Waals surface area contributed by atoms with Crippen molar-refractivity contribution in [3.8, 4) is 11.8 Å². The van der Waals surface area contributed by atoms with Gasteiger partial charge in [-0.3, -0.25) is 0 Å². The zero-order valence-corrected chi connectivity index (χ0v) is 13.0. The molecule has 0 atom stereocenters. The molecule has 0 radical (unpaired) electrons. The van der Waals surface area contributed by atoms with Crippen LogP contribution in [-0.4, -0.2) is 11.7 Å². The largest absolute Gasteiger partial charge is 0.384 e. The lowest BCUT2D eigenvalue weighted by Gasteiger charge is -2.04. The predicted octanol–water partition coefficient (Wildman–Crippen LogP) is 4.22. The standard InChI is InChI=1S/C16H12BrFOS/c17-14-4-1-5-16(10-14)20-11-13-7-12(3-2-6-19)8-15(18)9-13/h1,4-5,7-10,19H,6,11H2. The summed E-state index contributed by atoms with van der Waals surface area (Å²) in [5.74, 6) is 5.61. The van der Waals surface area contributed by atoms with E-state index in [4.69, 9.17) is 5.11 Å². The van der Waals surface area contributed by atoms with Gasteiger partial charge < -0.3 is 5.11 Å². The van der Waals surface area contributed by atoms with Crippen molar-refractivity contribution < 1.29 is 9.50 Å². The van der Waals surface area contributed by atoms with Crippen molar-refractivity contribution in [2.75, 3.05) is 6.61 Å². The highest BCUT2D eigenvalue weighted by atomic mass is 79.9. The van der Waals surface area contributed by atoms with Crippen LogP contribution in [0.5, 0.6) is 0 Å². The van der Waals surface area contributed by atoms with Crippen molar-refractivity contribution in [1.82, 2.24) is 0 Å². The fourth-order valence-corrected chi connectivity index (χ4v) is 3.11. The van der Waals surface area contributed by atoms with E-state index >= 15 is 0 Å². The third-order valence-electron chi connectivity index (χ3n) is 2.47. The Balaban J connectivity index is 2.11. The Morgan fingerprint density at radius 2 is 2.05 bits per heavy atom. The van der Waals surface area contributed by atoms with Crippen LogP contribution in [0.15, 0.2) is 51.8 Å². The van der Waals surface area contributed by atoms with Gasteiger partial charge in [-0.2, -0.15) is 0 Å². The van der Waals surface area contributed by atoms with E-state index in [0.29, 0.717) is 11.3 Å². The minimum atomic E-state index is -0.306. The first kappa shape index (κ1) is 15.1. The van der Waals surface area contributed by atoms with E-state index in [1.165, 1.54) is 12.1 Å². The van der Waals surface area contributed by atoms with Gasteiger partial charge >= 0.3 is 0 Å². The highest BCUT2D eigenvalue weighted by Crippen LogP contribution is 2.26. The summed E-state index contributed by atoms with van der Waals surface area (Å²) in [5.41, 5.74) is 1.46. The molecule has 0 unspecified atom stereocenters. The van der Waals surface area contributed by atoms with Gasteiger partial charge in [-0.25, -0.2) is 4.39 Å². The molecule has 0 saturated heterocycles.